The molecule has 5 rings (SSSR count). The minimum atomic E-state index is -0.947. The number of aromatic nitrogens is 2. The lowest BCUT2D eigenvalue weighted by Crippen LogP contribution is -2.63. The van der Waals surface area contributed by atoms with Crippen LogP contribution in [0, 0.1) is 27.9 Å². The number of nitro groups is 1. The molecule has 40 heavy (non-hydrogen) atoms. The van der Waals surface area contributed by atoms with Gasteiger partial charge in [0.05, 0.1) is 27.9 Å². The van der Waals surface area contributed by atoms with E-state index in [1.54, 1.807) is 10.7 Å². The summed E-state index contributed by atoms with van der Waals surface area (Å²) < 4.78 is 23.5. The van der Waals surface area contributed by atoms with Gasteiger partial charge in [0.25, 0.3) is 22.8 Å². The van der Waals surface area contributed by atoms with E-state index in [9.17, 15) is 29.6 Å². The standard InChI is InChI=1S/C25H24FN5O7S2/c1-11-16(20-23(39-3)29-10-28(8-15(27)33)21(26)24(29)40-20)19(30-18(11)17(12(2)32)22(30)34)25(35)38-9-13-4-6-14(7-5-13)31(36)37/h4-7,10-12,17-18,32H,8-9H2,1-3H3,(H-,27,33)/p+1/t11-,12+,17+,18+/m0/s1. The lowest BCUT2D eigenvalue weighted by molar-refractivity contribution is -0.551. The Hall–Kier alpha value is -3.82. The molecule has 0 unspecified atom stereocenters. The Morgan fingerprint density at radius 3 is 2.60 bits per heavy atom. The van der Waals surface area contributed by atoms with Gasteiger partial charge in [0.2, 0.25) is 5.91 Å². The third kappa shape index (κ3) is 4.33. The van der Waals surface area contributed by atoms with Crippen molar-refractivity contribution in [3.63, 3.8) is 0 Å². The Morgan fingerprint density at radius 2 is 2.02 bits per heavy atom. The number of β-lactam (4-membered cyclic amide) rings is 1. The van der Waals surface area contributed by atoms with E-state index < -0.39 is 52.6 Å². The monoisotopic (exact) mass is 590 g/mol. The molecule has 0 saturated carbocycles. The number of carbonyl (C=O) groups excluding carboxylic acids is 3. The van der Waals surface area contributed by atoms with Crippen LogP contribution in [0.15, 0.2) is 41.3 Å². The zero-order valence-corrected chi connectivity index (χ0v) is 23.2. The van der Waals surface area contributed by atoms with Crippen LogP contribution in [0.25, 0.3) is 10.4 Å². The summed E-state index contributed by atoms with van der Waals surface area (Å²) in [4.78, 5) is 50.6. The van der Waals surface area contributed by atoms with Crippen LogP contribution < -0.4 is 10.1 Å². The Labute approximate surface area is 235 Å². The molecule has 4 atom stereocenters. The van der Waals surface area contributed by atoms with E-state index in [2.05, 4.69) is 0 Å². The van der Waals surface area contributed by atoms with Gasteiger partial charge in [-0.05, 0) is 30.9 Å². The van der Waals surface area contributed by atoms with Gasteiger partial charge in [-0.15, -0.1) is 0 Å². The number of rotatable bonds is 9. The summed E-state index contributed by atoms with van der Waals surface area (Å²) in [6.07, 6.45) is 2.26. The fourth-order valence-electron chi connectivity index (χ4n) is 5.38. The summed E-state index contributed by atoms with van der Waals surface area (Å²) in [5.41, 5.74) is 6.17. The molecule has 2 aliphatic heterocycles. The summed E-state index contributed by atoms with van der Waals surface area (Å²) in [6, 6.07) is 5.04. The van der Waals surface area contributed by atoms with E-state index in [4.69, 9.17) is 10.5 Å². The van der Waals surface area contributed by atoms with Gasteiger partial charge in [-0.1, -0.05) is 30.0 Å². The summed E-state index contributed by atoms with van der Waals surface area (Å²) in [5, 5.41) is 21.8. The molecule has 2 aromatic heterocycles. The maximum atomic E-state index is 15.2. The molecule has 12 nitrogen and oxygen atoms in total. The zero-order valence-electron chi connectivity index (χ0n) is 21.6. The maximum absolute atomic E-state index is 15.2. The maximum Gasteiger partial charge on any atom is 0.355 e. The SMILES string of the molecule is CSc1c(C2=C(C(=O)OCc3ccc([N+](=O)[O-])cc3)N3C(=O)[C@H]([C@@H](C)O)[C@H]3[C@H]2C)sc2c(F)n(CC(N)=O)c[n+]12. The van der Waals surface area contributed by atoms with Crippen LogP contribution in [0.5, 0.6) is 0 Å². The smallest absolute Gasteiger partial charge is 0.355 e. The van der Waals surface area contributed by atoms with Crippen LogP contribution in [0.3, 0.4) is 0 Å². The Bertz CT molecular complexity index is 1600. The van der Waals surface area contributed by atoms with Gasteiger partial charge in [0, 0.05) is 23.6 Å². The molecule has 0 bridgehead atoms. The molecule has 1 aromatic carbocycles. The van der Waals surface area contributed by atoms with Gasteiger partial charge in [-0.3, -0.25) is 19.7 Å². The van der Waals surface area contributed by atoms with Crippen molar-refractivity contribution in [3.05, 3.63) is 62.8 Å². The number of carbonyl (C=O) groups is 3. The molecule has 3 N–H and O–H groups in total. The van der Waals surface area contributed by atoms with Gasteiger partial charge < -0.3 is 20.5 Å². The van der Waals surface area contributed by atoms with E-state index in [0.29, 0.717) is 21.0 Å². The van der Waals surface area contributed by atoms with Crippen LogP contribution in [-0.2, 0) is 32.3 Å². The number of thioether (sulfide) groups is 1. The first-order valence-corrected chi connectivity index (χ1v) is 14.2. The quantitative estimate of drug-likeness (QED) is 0.0953. The van der Waals surface area contributed by atoms with E-state index in [1.807, 2.05) is 6.92 Å². The number of nitrogens with two attached hydrogens (primary N) is 1. The van der Waals surface area contributed by atoms with Crippen molar-refractivity contribution in [2.45, 2.75) is 44.2 Å². The molecule has 2 amide bonds. The molecule has 0 aliphatic carbocycles. The first-order valence-electron chi connectivity index (χ1n) is 12.2. The zero-order chi connectivity index (χ0) is 29.0. The molecule has 210 valence electrons. The third-order valence-electron chi connectivity index (χ3n) is 7.16. The molecule has 15 heteroatoms. The summed E-state index contributed by atoms with van der Waals surface area (Å²) in [6.45, 7) is 2.82. The van der Waals surface area contributed by atoms with Gasteiger partial charge in [0.15, 0.2) is 11.6 Å². The van der Waals surface area contributed by atoms with Crippen LogP contribution >= 0.6 is 23.1 Å². The molecule has 3 aromatic rings. The third-order valence-corrected chi connectivity index (χ3v) is 9.25. The van der Waals surface area contributed by atoms with Crippen LogP contribution in [0.4, 0.5) is 10.1 Å². The van der Waals surface area contributed by atoms with Crippen molar-refractivity contribution in [1.29, 1.82) is 0 Å². The van der Waals surface area contributed by atoms with Crippen molar-refractivity contribution in [2.75, 3.05) is 6.26 Å². The highest BCUT2D eigenvalue weighted by Gasteiger charge is 2.61. The van der Waals surface area contributed by atoms with Gasteiger partial charge >= 0.3 is 11.9 Å². The average Bonchev–Trinajstić information content (AvgIpc) is 3.48. The van der Waals surface area contributed by atoms with Gasteiger partial charge in [-0.25, -0.2) is 4.79 Å². The first kappa shape index (κ1) is 27.7. The normalized spacial score (nSPS) is 21.0. The fourth-order valence-corrected chi connectivity index (χ4v) is 7.65. The number of benzene rings is 1. The number of primary amides is 1. The second-order valence-electron chi connectivity index (χ2n) is 9.63. The number of aliphatic hydroxyl groups excluding tert-OH is 1. The predicted octanol–water partition coefficient (Wildman–Crippen LogP) is 1.85. The minimum absolute atomic E-state index is 0.0199. The highest BCUT2D eigenvalue weighted by molar-refractivity contribution is 7.98. The van der Waals surface area contributed by atoms with E-state index in [-0.39, 0.29) is 29.4 Å². The number of hydrogen-bond donors (Lipinski definition) is 2. The van der Waals surface area contributed by atoms with Crippen molar-refractivity contribution < 1.29 is 37.9 Å². The molecular formula is C25H25FN5O7S2+. The minimum Gasteiger partial charge on any atom is -0.456 e. The highest BCUT2D eigenvalue weighted by atomic mass is 32.2. The summed E-state index contributed by atoms with van der Waals surface area (Å²) in [5.74, 6) is -3.68. The number of non-ortho nitro benzene ring substituents is 1. The highest BCUT2D eigenvalue weighted by Crippen LogP contribution is 2.53. The number of hydrogen-bond acceptors (Lipinski definition) is 9. The second kappa shape index (κ2) is 10.3. The molecule has 1 fully saturated rings. The van der Waals surface area contributed by atoms with Crippen molar-refractivity contribution in [3.8, 4) is 0 Å². The number of nitro benzene ring substituents is 1. The summed E-state index contributed by atoms with van der Waals surface area (Å²) in [7, 11) is 0. The predicted molar refractivity (Wildman–Crippen MR) is 141 cm³/mol. The number of ether oxygens (including phenoxy) is 1. The lowest BCUT2D eigenvalue weighted by atomic mass is 9.77. The molecule has 1 saturated heterocycles. The van der Waals surface area contributed by atoms with Crippen molar-refractivity contribution in [1.82, 2.24) is 9.47 Å². The first-order chi connectivity index (χ1) is 19.0. The number of aliphatic hydroxyl groups is 1. The number of amides is 2. The van der Waals surface area contributed by atoms with Gasteiger partial charge in [-0.2, -0.15) is 13.4 Å². The van der Waals surface area contributed by atoms with Gasteiger partial charge in [0.1, 0.15) is 12.3 Å². The number of imidazole rings is 1. The molecule has 4 heterocycles. The lowest BCUT2D eigenvalue weighted by Gasteiger charge is -2.46. The number of thiazole rings is 1. The largest absolute Gasteiger partial charge is 0.456 e. The van der Waals surface area contributed by atoms with E-state index in [1.165, 1.54) is 54.2 Å². The van der Waals surface area contributed by atoms with E-state index in [0.717, 1.165) is 15.9 Å². The Kier molecular flexibility index (Phi) is 7.14. The van der Waals surface area contributed by atoms with Crippen molar-refractivity contribution in [2.24, 2.45) is 17.6 Å². The van der Waals surface area contributed by atoms with Crippen LogP contribution in [-0.4, -0.2) is 55.7 Å². The fraction of sp³-hybridized carbons (Fsp3) is 0.360. The van der Waals surface area contributed by atoms with Crippen molar-refractivity contribution >= 4 is 57.0 Å². The van der Waals surface area contributed by atoms with E-state index >= 15 is 4.39 Å². The molecular weight excluding hydrogens is 565 g/mol. The second-order valence-corrected chi connectivity index (χ2v) is 11.4. The molecule has 0 radical (unpaired) electrons. The summed E-state index contributed by atoms with van der Waals surface area (Å²) >= 11 is 2.37. The Morgan fingerprint density at radius 1 is 1.35 bits per heavy atom. The number of halogens is 1. The van der Waals surface area contributed by atoms with Crippen LogP contribution in [0.2, 0.25) is 0 Å². The number of fused-ring (bicyclic) bond motifs is 2. The number of nitrogens with zero attached hydrogens (tertiary/aromatic N) is 4. The molecule has 2 aliphatic rings. The average molecular weight is 591 g/mol. The number of esters is 1. The molecule has 0 spiro atoms. The Balaban J connectivity index is 1.57. The van der Waals surface area contributed by atoms with Crippen LogP contribution in [0.1, 0.15) is 24.3 Å². The topological polar surface area (TPSA) is 162 Å².